The Morgan fingerprint density at radius 2 is 1.67 bits per heavy atom. The van der Waals surface area contributed by atoms with E-state index in [4.69, 9.17) is 0 Å². The second kappa shape index (κ2) is 7.10. The van der Waals surface area contributed by atoms with Crippen LogP contribution in [0.15, 0.2) is 48.5 Å². The van der Waals surface area contributed by atoms with Crippen LogP contribution in [-0.4, -0.2) is 33.0 Å². The lowest BCUT2D eigenvalue weighted by Crippen LogP contribution is -2.25. The first-order valence-electron chi connectivity index (χ1n) is 7.92. The molecule has 1 saturated heterocycles. The Bertz CT molecular complexity index is 926. The van der Waals surface area contributed by atoms with Gasteiger partial charge >= 0.3 is 6.36 Å². The largest absolute Gasteiger partial charge is 0.573 e. The molecule has 1 aliphatic rings. The van der Waals surface area contributed by atoms with Gasteiger partial charge in [0.05, 0.1) is 11.4 Å². The number of ether oxygens (including phenoxy) is 1. The molecule has 0 saturated carbocycles. The van der Waals surface area contributed by atoms with Gasteiger partial charge in [-0.1, -0.05) is 0 Å². The van der Waals surface area contributed by atoms with Crippen molar-refractivity contribution in [1.29, 1.82) is 0 Å². The summed E-state index contributed by atoms with van der Waals surface area (Å²) in [6, 6.07) is 10.8. The van der Waals surface area contributed by atoms with Crippen molar-refractivity contribution < 1.29 is 31.1 Å². The summed E-state index contributed by atoms with van der Waals surface area (Å²) in [5, 5.41) is 2.59. The van der Waals surface area contributed by atoms with Gasteiger partial charge in [0.15, 0.2) is 0 Å². The first-order valence-corrected chi connectivity index (χ1v) is 9.53. The number of benzene rings is 2. The highest BCUT2D eigenvalue weighted by atomic mass is 32.2. The highest BCUT2D eigenvalue weighted by Gasteiger charge is 2.31. The van der Waals surface area contributed by atoms with Gasteiger partial charge in [-0.25, -0.2) is 8.42 Å². The zero-order valence-electron chi connectivity index (χ0n) is 13.9. The van der Waals surface area contributed by atoms with Crippen LogP contribution in [0.2, 0.25) is 0 Å². The summed E-state index contributed by atoms with van der Waals surface area (Å²) in [7, 11) is -3.28. The fourth-order valence-corrected chi connectivity index (χ4v) is 4.22. The zero-order valence-corrected chi connectivity index (χ0v) is 14.7. The van der Waals surface area contributed by atoms with Crippen LogP contribution in [0.1, 0.15) is 16.8 Å². The quantitative estimate of drug-likeness (QED) is 0.854. The Morgan fingerprint density at radius 3 is 2.19 bits per heavy atom. The molecule has 0 radical (unpaired) electrons. The Morgan fingerprint density at radius 1 is 1.04 bits per heavy atom. The minimum absolute atomic E-state index is 0.111. The van der Waals surface area contributed by atoms with E-state index in [1.807, 2.05) is 0 Å². The van der Waals surface area contributed by atoms with Crippen LogP contribution in [0.5, 0.6) is 5.75 Å². The second-order valence-corrected chi connectivity index (χ2v) is 7.83. The number of carbonyl (C=O) groups is 1. The van der Waals surface area contributed by atoms with Crippen molar-refractivity contribution in [2.24, 2.45) is 0 Å². The Labute approximate surface area is 153 Å². The number of rotatable bonds is 4. The summed E-state index contributed by atoms with van der Waals surface area (Å²) in [5.74, 6) is -0.829. The van der Waals surface area contributed by atoms with Crippen LogP contribution in [0.4, 0.5) is 24.5 Å². The molecule has 0 aliphatic carbocycles. The standard InChI is InChI=1S/C17H15F3N2O4S/c18-17(19,20)26-15-8-2-12(3-9-15)16(23)21-13-4-6-14(7-5-13)22-10-1-11-27(22,24)25/h2-9H,1,10-11H2,(H,21,23). The highest BCUT2D eigenvalue weighted by Crippen LogP contribution is 2.26. The molecule has 10 heteroatoms. The number of hydrogen-bond acceptors (Lipinski definition) is 4. The molecule has 1 fully saturated rings. The SMILES string of the molecule is O=C(Nc1ccc(N2CCCS2(=O)=O)cc1)c1ccc(OC(F)(F)F)cc1. The van der Waals surface area contributed by atoms with Crippen molar-refractivity contribution in [3.8, 4) is 5.75 Å². The number of sulfonamides is 1. The van der Waals surface area contributed by atoms with Gasteiger partial charge in [-0.15, -0.1) is 13.2 Å². The number of hydrogen-bond donors (Lipinski definition) is 1. The van der Waals surface area contributed by atoms with E-state index in [1.54, 1.807) is 24.3 Å². The molecular weight excluding hydrogens is 385 g/mol. The van der Waals surface area contributed by atoms with Gasteiger partial charge in [0.1, 0.15) is 5.75 Å². The first kappa shape index (κ1) is 19.0. The highest BCUT2D eigenvalue weighted by molar-refractivity contribution is 7.93. The van der Waals surface area contributed by atoms with E-state index in [2.05, 4.69) is 10.1 Å². The van der Waals surface area contributed by atoms with Gasteiger partial charge in [0.25, 0.3) is 5.91 Å². The van der Waals surface area contributed by atoms with Crippen molar-refractivity contribution in [3.05, 3.63) is 54.1 Å². The van der Waals surface area contributed by atoms with Crippen molar-refractivity contribution in [1.82, 2.24) is 0 Å². The summed E-state index contributed by atoms with van der Waals surface area (Å²) in [6.45, 7) is 0.417. The molecule has 1 aliphatic heterocycles. The fraction of sp³-hybridized carbons (Fsp3) is 0.235. The monoisotopic (exact) mass is 400 g/mol. The van der Waals surface area contributed by atoms with E-state index in [1.165, 1.54) is 16.4 Å². The molecule has 6 nitrogen and oxygen atoms in total. The third-order valence-electron chi connectivity index (χ3n) is 3.86. The third kappa shape index (κ3) is 4.70. The van der Waals surface area contributed by atoms with Crippen molar-refractivity contribution in [2.45, 2.75) is 12.8 Å². The van der Waals surface area contributed by atoms with E-state index in [-0.39, 0.29) is 11.3 Å². The van der Waals surface area contributed by atoms with Gasteiger partial charge in [-0.3, -0.25) is 9.10 Å². The molecule has 0 spiro atoms. The Hall–Kier alpha value is -2.75. The normalized spacial score (nSPS) is 16.2. The second-order valence-electron chi connectivity index (χ2n) is 5.81. The predicted octanol–water partition coefficient (Wildman–Crippen LogP) is 3.38. The van der Waals surface area contributed by atoms with E-state index in [0.717, 1.165) is 12.1 Å². The number of alkyl halides is 3. The van der Waals surface area contributed by atoms with Crippen LogP contribution in [0.3, 0.4) is 0 Å². The Balaban J connectivity index is 1.66. The topological polar surface area (TPSA) is 75.7 Å². The van der Waals surface area contributed by atoms with E-state index in [0.29, 0.717) is 24.3 Å². The molecule has 2 aromatic rings. The molecule has 0 aromatic heterocycles. The number of nitrogens with one attached hydrogen (secondary N) is 1. The maximum atomic E-state index is 12.2. The van der Waals surface area contributed by atoms with Crippen LogP contribution in [-0.2, 0) is 10.0 Å². The van der Waals surface area contributed by atoms with Crippen LogP contribution in [0, 0.1) is 0 Å². The van der Waals surface area contributed by atoms with E-state index < -0.39 is 28.0 Å². The van der Waals surface area contributed by atoms with Gasteiger partial charge in [0.2, 0.25) is 10.0 Å². The number of anilines is 2. The molecule has 2 aromatic carbocycles. The van der Waals surface area contributed by atoms with Crippen molar-refractivity contribution >= 4 is 27.3 Å². The molecule has 1 amide bonds. The van der Waals surface area contributed by atoms with E-state index in [9.17, 15) is 26.4 Å². The maximum absolute atomic E-state index is 12.2. The third-order valence-corrected chi connectivity index (χ3v) is 5.73. The molecule has 0 atom stereocenters. The lowest BCUT2D eigenvalue weighted by atomic mass is 10.2. The predicted molar refractivity (Wildman–Crippen MR) is 93.3 cm³/mol. The van der Waals surface area contributed by atoms with Crippen molar-refractivity contribution in [2.75, 3.05) is 21.9 Å². The van der Waals surface area contributed by atoms with Gasteiger partial charge < -0.3 is 10.1 Å². The molecule has 0 unspecified atom stereocenters. The number of amides is 1. The zero-order chi connectivity index (χ0) is 19.7. The minimum atomic E-state index is -4.80. The average molecular weight is 400 g/mol. The summed E-state index contributed by atoms with van der Waals surface area (Å²) >= 11 is 0. The van der Waals surface area contributed by atoms with Gasteiger partial charge in [0, 0.05) is 17.8 Å². The molecule has 144 valence electrons. The smallest absolute Gasteiger partial charge is 0.406 e. The summed E-state index contributed by atoms with van der Waals surface area (Å²) < 4.78 is 65.3. The average Bonchev–Trinajstić information content (AvgIpc) is 2.94. The molecule has 3 rings (SSSR count). The van der Waals surface area contributed by atoms with E-state index >= 15 is 0 Å². The summed E-state index contributed by atoms with van der Waals surface area (Å²) in [5.41, 5.74) is 1.09. The molecule has 1 N–H and O–H groups in total. The fourth-order valence-electron chi connectivity index (χ4n) is 2.65. The molecule has 27 heavy (non-hydrogen) atoms. The minimum Gasteiger partial charge on any atom is -0.406 e. The number of halogens is 3. The molecule has 1 heterocycles. The van der Waals surface area contributed by atoms with Gasteiger partial charge in [-0.2, -0.15) is 0 Å². The molecule has 0 bridgehead atoms. The summed E-state index contributed by atoms with van der Waals surface area (Å²) in [6.07, 6.45) is -4.23. The molecular formula is C17H15F3N2O4S. The van der Waals surface area contributed by atoms with Crippen molar-refractivity contribution in [3.63, 3.8) is 0 Å². The van der Waals surface area contributed by atoms with Crippen LogP contribution >= 0.6 is 0 Å². The Kier molecular flexibility index (Phi) is 5.01. The van der Waals surface area contributed by atoms with Crippen LogP contribution in [0.25, 0.3) is 0 Å². The number of carbonyl (C=O) groups excluding carboxylic acids is 1. The van der Waals surface area contributed by atoms with Gasteiger partial charge in [-0.05, 0) is 55.0 Å². The lowest BCUT2D eigenvalue weighted by molar-refractivity contribution is -0.274. The van der Waals surface area contributed by atoms with Crippen LogP contribution < -0.4 is 14.4 Å². The maximum Gasteiger partial charge on any atom is 0.573 e. The first-order chi connectivity index (χ1) is 12.6. The summed E-state index contributed by atoms with van der Waals surface area (Å²) in [4.78, 5) is 12.2. The lowest BCUT2D eigenvalue weighted by Gasteiger charge is -2.17. The number of nitrogens with zero attached hydrogens (tertiary/aromatic N) is 1.